The molecule has 13 heteroatoms. The van der Waals surface area contributed by atoms with E-state index in [-0.39, 0.29) is 23.0 Å². The number of halogens is 2. The molecule has 1 aliphatic rings. The van der Waals surface area contributed by atoms with Crippen LogP contribution in [0.5, 0.6) is 5.88 Å². The minimum Gasteiger partial charge on any atom is -0.476 e. The molecule has 0 saturated carbocycles. The van der Waals surface area contributed by atoms with Crippen molar-refractivity contribution in [2.45, 2.75) is 32.0 Å². The lowest BCUT2D eigenvalue weighted by Gasteiger charge is -2.31. The van der Waals surface area contributed by atoms with Crippen molar-refractivity contribution in [3.8, 4) is 5.88 Å². The Morgan fingerprint density at radius 2 is 2.35 bits per heavy atom. The first kappa shape index (κ1) is 18.8. The molecule has 0 bridgehead atoms. The van der Waals surface area contributed by atoms with Gasteiger partial charge in [-0.3, -0.25) is 4.57 Å². The van der Waals surface area contributed by atoms with Crippen molar-refractivity contribution in [2.75, 3.05) is 25.6 Å². The highest BCUT2D eigenvalue weighted by Crippen LogP contribution is 2.41. The SMILES string of the molecule is CCOc1nc(N)nc2c1ncn2[C@@H](CF)O[C@]1(F)CO[P+](=O)O[C@H]1C. The molecule has 0 radical (unpaired) electrons. The summed E-state index contributed by atoms with van der Waals surface area (Å²) in [5, 5.41) is 0. The Hall–Kier alpha value is -2.01. The zero-order valence-corrected chi connectivity index (χ0v) is 14.9. The summed E-state index contributed by atoms with van der Waals surface area (Å²) in [6, 6.07) is 0. The lowest BCUT2D eigenvalue weighted by Crippen LogP contribution is -2.47. The average molecular weight is 392 g/mol. The number of hydrogen-bond donors (Lipinski definition) is 1. The molecule has 2 N–H and O–H groups in total. The number of aromatic nitrogens is 4. The first-order valence-corrected chi connectivity index (χ1v) is 8.80. The molecule has 142 valence electrons. The van der Waals surface area contributed by atoms with Gasteiger partial charge in [-0.25, -0.2) is 13.8 Å². The van der Waals surface area contributed by atoms with Crippen molar-refractivity contribution in [3.63, 3.8) is 0 Å². The Kier molecular flexibility index (Phi) is 5.28. The molecule has 0 amide bonds. The predicted octanol–water partition coefficient (Wildman–Crippen LogP) is 2.05. The molecule has 2 aromatic rings. The first-order chi connectivity index (χ1) is 12.4. The summed E-state index contributed by atoms with van der Waals surface area (Å²) in [6.45, 7) is 1.58. The van der Waals surface area contributed by atoms with E-state index in [1.54, 1.807) is 6.92 Å². The van der Waals surface area contributed by atoms with Crippen LogP contribution in [-0.2, 0) is 18.3 Å². The smallest absolute Gasteiger partial charge is 0.476 e. The van der Waals surface area contributed by atoms with Crippen molar-refractivity contribution in [1.82, 2.24) is 19.5 Å². The summed E-state index contributed by atoms with van der Waals surface area (Å²) in [5.41, 5.74) is 5.99. The van der Waals surface area contributed by atoms with Crippen LogP contribution in [0.4, 0.5) is 14.7 Å². The van der Waals surface area contributed by atoms with Gasteiger partial charge >= 0.3 is 8.25 Å². The molecule has 1 fully saturated rings. The molecular weight excluding hydrogens is 375 g/mol. The van der Waals surface area contributed by atoms with Crippen molar-refractivity contribution in [3.05, 3.63) is 6.33 Å². The number of ether oxygens (including phenoxy) is 2. The van der Waals surface area contributed by atoms with E-state index in [9.17, 15) is 13.3 Å². The molecule has 0 aliphatic carbocycles. The van der Waals surface area contributed by atoms with Gasteiger partial charge in [0.25, 0.3) is 5.85 Å². The average Bonchev–Trinajstić information content (AvgIpc) is 3.01. The standard InChI is InChI=1S/C13H17F2N5O5P/c1-3-22-11-9-10(18-12(16)19-11)20(6-17-9)8(4-14)24-13(15)5-23-26(21)25-7(13)2/h6-8H,3-5H2,1-2H3,(H2,16,18,19)/q+1/t7-,8+,13+/m0/s1. The highest BCUT2D eigenvalue weighted by Gasteiger charge is 2.53. The number of hydrogen-bond acceptors (Lipinski definition) is 9. The normalized spacial score (nSPS) is 26.2. The molecular formula is C13H17F2N5O5P+. The molecule has 0 aromatic carbocycles. The molecule has 1 saturated heterocycles. The third kappa shape index (κ3) is 3.45. The van der Waals surface area contributed by atoms with Crippen LogP contribution >= 0.6 is 8.25 Å². The second-order valence-corrected chi connectivity index (χ2v) is 6.32. The van der Waals surface area contributed by atoms with Crippen molar-refractivity contribution >= 4 is 25.4 Å². The Morgan fingerprint density at radius 1 is 1.58 bits per heavy atom. The Labute approximate surface area is 147 Å². The van der Waals surface area contributed by atoms with E-state index in [1.807, 2.05) is 0 Å². The van der Waals surface area contributed by atoms with Gasteiger partial charge in [0, 0.05) is 4.57 Å². The third-order valence-corrected chi connectivity index (χ3v) is 4.51. The van der Waals surface area contributed by atoms with Gasteiger partial charge in [-0.2, -0.15) is 9.97 Å². The summed E-state index contributed by atoms with van der Waals surface area (Å²) in [5.74, 6) is -2.52. The Bertz CT molecular complexity index is 824. The van der Waals surface area contributed by atoms with E-state index in [2.05, 4.69) is 19.5 Å². The summed E-state index contributed by atoms with van der Waals surface area (Å²) in [6.07, 6.45) is -1.47. The van der Waals surface area contributed by atoms with E-state index in [0.29, 0.717) is 6.61 Å². The quantitative estimate of drug-likeness (QED) is 0.736. The molecule has 4 atom stereocenters. The van der Waals surface area contributed by atoms with Crippen LogP contribution in [0.3, 0.4) is 0 Å². The van der Waals surface area contributed by atoms with Gasteiger partial charge in [0.1, 0.15) is 6.67 Å². The van der Waals surface area contributed by atoms with E-state index in [1.165, 1.54) is 17.8 Å². The number of nitrogen functional groups attached to an aromatic ring is 1. The molecule has 1 aliphatic heterocycles. The topological polar surface area (TPSA) is 124 Å². The minimum atomic E-state index is -2.52. The molecule has 2 aromatic heterocycles. The first-order valence-electron chi connectivity index (χ1n) is 7.70. The maximum atomic E-state index is 15.0. The fourth-order valence-corrected chi connectivity index (χ4v) is 3.13. The van der Waals surface area contributed by atoms with Gasteiger partial charge < -0.3 is 15.2 Å². The fraction of sp³-hybridized carbons (Fsp3) is 0.615. The highest BCUT2D eigenvalue weighted by atomic mass is 31.1. The van der Waals surface area contributed by atoms with Gasteiger partial charge in [0.15, 0.2) is 30.1 Å². The van der Waals surface area contributed by atoms with Crippen LogP contribution in [0, 0.1) is 0 Å². The van der Waals surface area contributed by atoms with Gasteiger partial charge in [-0.15, -0.1) is 9.05 Å². The second-order valence-electron chi connectivity index (χ2n) is 5.40. The van der Waals surface area contributed by atoms with Crippen LogP contribution in [0.2, 0.25) is 0 Å². The van der Waals surface area contributed by atoms with Gasteiger partial charge in [-0.1, -0.05) is 0 Å². The third-order valence-electron chi connectivity index (χ3n) is 3.68. The van der Waals surface area contributed by atoms with Gasteiger partial charge in [0.05, 0.1) is 12.9 Å². The minimum absolute atomic E-state index is 0.114. The lowest BCUT2D eigenvalue weighted by atomic mass is 10.2. The monoisotopic (exact) mass is 392 g/mol. The lowest BCUT2D eigenvalue weighted by molar-refractivity contribution is -0.266. The largest absolute Gasteiger partial charge is 0.698 e. The van der Waals surface area contributed by atoms with E-state index >= 15 is 0 Å². The zero-order valence-electron chi connectivity index (χ0n) is 14.0. The summed E-state index contributed by atoms with van der Waals surface area (Å²) in [7, 11) is -2.44. The molecule has 3 heterocycles. The summed E-state index contributed by atoms with van der Waals surface area (Å²) in [4.78, 5) is 12.0. The molecule has 26 heavy (non-hydrogen) atoms. The number of anilines is 1. The number of nitrogens with zero attached hydrogens (tertiary/aromatic N) is 4. The maximum Gasteiger partial charge on any atom is 0.698 e. The maximum absolute atomic E-state index is 15.0. The number of rotatable bonds is 6. The van der Waals surface area contributed by atoms with Crippen LogP contribution in [-0.4, -0.2) is 51.4 Å². The fourth-order valence-electron chi connectivity index (χ4n) is 2.37. The Balaban J connectivity index is 1.94. The predicted molar refractivity (Wildman–Crippen MR) is 84.9 cm³/mol. The van der Waals surface area contributed by atoms with Crippen molar-refractivity contribution in [1.29, 1.82) is 0 Å². The molecule has 0 spiro atoms. The van der Waals surface area contributed by atoms with Crippen LogP contribution in [0.1, 0.15) is 20.1 Å². The molecule has 1 unspecified atom stereocenters. The number of fused-ring (bicyclic) bond motifs is 1. The number of imidazole rings is 1. The van der Waals surface area contributed by atoms with Gasteiger partial charge in [0.2, 0.25) is 11.8 Å². The summed E-state index contributed by atoms with van der Waals surface area (Å²) < 4.78 is 61.0. The van der Waals surface area contributed by atoms with Crippen molar-refractivity contribution in [2.24, 2.45) is 0 Å². The van der Waals surface area contributed by atoms with E-state index in [0.717, 1.165) is 0 Å². The number of nitrogens with two attached hydrogens (primary N) is 1. The van der Waals surface area contributed by atoms with Crippen LogP contribution < -0.4 is 10.5 Å². The molecule has 3 rings (SSSR count). The second kappa shape index (κ2) is 7.31. The summed E-state index contributed by atoms with van der Waals surface area (Å²) >= 11 is 0. The highest BCUT2D eigenvalue weighted by molar-refractivity contribution is 7.33. The van der Waals surface area contributed by atoms with Crippen LogP contribution in [0.15, 0.2) is 6.33 Å². The molecule has 10 nitrogen and oxygen atoms in total. The van der Waals surface area contributed by atoms with Crippen LogP contribution in [0.25, 0.3) is 11.2 Å². The number of alkyl halides is 2. The van der Waals surface area contributed by atoms with E-state index < -0.39 is 39.7 Å². The van der Waals surface area contributed by atoms with Gasteiger partial charge in [-0.05, 0) is 13.8 Å². The zero-order chi connectivity index (χ0) is 18.9. The van der Waals surface area contributed by atoms with Crippen molar-refractivity contribution < 1.29 is 31.9 Å². The Morgan fingerprint density at radius 3 is 3.00 bits per heavy atom. The van der Waals surface area contributed by atoms with E-state index in [4.69, 9.17) is 19.7 Å².